The van der Waals surface area contributed by atoms with E-state index in [0.717, 1.165) is 31.6 Å². The second-order valence-electron chi connectivity index (χ2n) is 5.98. The number of benzene rings is 1. The highest BCUT2D eigenvalue weighted by atomic mass is 16.5. The first-order valence-corrected chi connectivity index (χ1v) is 8.68. The van der Waals surface area contributed by atoms with Crippen LogP contribution in [-0.2, 0) is 14.3 Å². The summed E-state index contributed by atoms with van der Waals surface area (Å²) < 4.78 is 10.4. The fourth-order valence-corrected chi connectivity index (χ4v) is 2.57. The number of methoxy groups -OCH3 is 1. The van der Waals surface area contributed by atoms with Crippen LogP contribution in [0.5, 0.6) is 0 Å². The molecule has 1 heterocycles. The van der Waals surface area contributed by atoms with E-state index in [0.29, 0.717) is 25.3 Å². The summed E-state index contributed by atoms with van der Waals surface area (Å²) in [6.07, 6.45) is 2.95. The highest BCUT2D eigenvalue weighted by Gasteiger charge is 2.16. The molecule has 138 valence electrons. The zero-order chi connectivity index (χ0) is 17.9. The van der Waals surface area contributed by atoms with Gasteiger partial charge in [-0.05, 0) is 37.5 Å². The van der Waals surface area contributed by atoms with Crippen LogP contribution in [0.1, 0.15) is 29.6 Å². The maximum Gasteiger partial charge on any atom is 0.251 e. The lowest BCUT2D eigenvalue weighted by Crippen LogP contribution is -2.35. The van der Waals surface area contributed by atoms with Crippen molar-refractivity contribution in [2.24, 2.45) is 0 Å². The molecule has 0 aromatic heterocycles. The van der Waals surface area contributed by atoms with Gasteiger partial charge in [-0.25, -0.2) is 0 Å². The zero-order valence-electron chi connectivity index (χ0n) is 14.7. The van der Waals surface area contributed by atoms with E-state index in [9.17, 15) is 9.59 Å². The highest BCUT2D eigenvalue weighted by molar-refractivity contribution is 5.95. The summed E-state index contributed by atoms with van der Waals surface area (Å²) in [5.41, 5.74) is 1.29. The summed E-state index contributed by atoms with van der Waals surface area (Å²) in [4.78, 5) is 23.9. The number of carbonyl (C=O) groups excluding carboxylic acids is 2. The molecule has 0 bridgehead atoms. The van der Waals surface area contributed by atoms with Gasteiger partial charge in [0.2, 0.25) is 5.91 Å². The lowest BCUT2D eigenvalue weighted by Gasteiger charge is -2.12. The van der Waals surface area contributed by atoms with Crippen molar-refractivity contribution in [2.75, 3.05) is 45.3 Å². The van der Waals surface area contributed by atoms with Crippen molar-refractivity contribution in [1.82, 2.24) is 10.6 Å². The normalized spacial score (nSPS) is 16.4. The smallest absolute Gasteiger partial charge is 0.251 e. The number of hydrogen-bond acceptors (Lipinski definition) is 5. The van der Waals surface area contributed by atoms with E-state index >= 15 is 0 Å². The monoisotopic (exact) mass is 349 g/mol. The van der Waals surface area contributed by atoms with Gasteiger partial charge in [0, 0.05) is 44.7 Å². The van der Waals surface area contributed by atoms with Gasteiger partial charge in [-0.15, -0.1) is 0 Å². The summed E-state index contributed by atoms with van der Waals surface area (Å²) in [5, 5.41) is 8.73. The van der Waals surface area contributed by atoms with E-state index in [1.165, 1.54) is 0 Å². The SMILES string of the molecule is COCCCNC(=O)c1cccc(NCC(=O)NCC2CCCO2)c1. The molecular formula is C18H27N3O4. The minimum absolute atomic E-state index is 0.0927. The fourth-order valence-electron chi connectivity index (χ4n) is 2.57. The first-order chi connectivity index (χ1) is 12.2. The Balaban J connectivity index is 1.72. The molecule has 2 rings (SSSR count). The van der Waals surface area contributed by atoms with Gasteiger partial charge in [0.25, 0.3) is 5.91 Å². The standard InChI is InChI=1S/C18H27N3O4/c1-24-9-4-8-19-18(23)14-5-2-6-15(11-14)20-13-17(22)21-12-16-7-3-10-25-16/h2,5-6,11,16,20H,3-4,7-10,12-13H2,1H3,(H,19,23)(H,21,22). The summed E-state index contributed by atoms with van der Waals surface area (Å²) in [5.74, 6) is -0.229. The Kier molecular flexibility index (Phi) is 8.21. The minimum Gasteiger partial charge on any atom is -0.385 e. The van der Waals surface area contributed by atoms with Gasteiger partial charge in [0.05, 0.1) is 12.6 Å². The molecule has 7 heteroatoms. The van der Waals surface area contributed by atoms with Crippen molar-refractivity contribution in [1.29, 1.82) is 0 Å². The molecule has 1 aliphatic rings. The minimum atomic E-state index is -0.136. The molecular weight excluding hydrogens is 322 g/mol. The van der Waals surface area contributed by atoms with Gasteiger partial charge in [-0.2, -0.15) is 0 Å². The average molecular weight is 349 g/mol. The van der Waals surface area contributed by atoms with Crippen molar-refractivity contribution in [2.45, 2.75) is 25.4 Å². The molecule has 7 nitrogen and oxygen atoms in total. The molecule has 1 unspecified atom stereocenters. The van der Waals surface area contributed by atoms with E-state index in [1.807, 2.05) is 6.07 Å². The van der Waals surface area contributed by atoms with Gasteiger partial charge in [0.15, 0.2) is 0 Å². The van der Waals surface area contributed by atoms with Crippen LogP contribution < -0.4 is 16.0 Å². The summed E-state index contributed by atoms with van der Waals surface area (Å²) in [6.45, 7) is 2.66. The largest absolute Gasteiger partial charge is 0.385 e. The highest BCUT2D eigenvalue weighted by Crippen LogP contribution is 2.11. The Bertz CT molecular complexity index is 559. The predicted octanol–water partition coefficient (Wildman–Crippen LogP) is 1.16. The Morgan fingerprint density at radius 1 is 1.32 bits per heavy atom. The Hall–Kier alpha value is -2.12. The van der Waals surface area contributed by atoms with Crippen LogP contribution in [0.25, 0.3) is 0 Å². The maximum atomic E-state index is 12.1. The molecule has 0 spiro atoms. The number of amides is 2. The third-order valence-electron chi connectivity index (χ3n) is 3.94. The molecule has 1 saturated heterocycles. The van der Waals surface area contributed by atoms with Crippen LogP contribution in [-0.4, -0.2) is 57.9 Å². The summed E-state index contributed by atoms with van der Waals surface area (Å²) in [7, 11) is 1.63. The molecule has 2 amide bonds. The Morgan fingerprint density at radius 3 is 2.96 bits per heavy atom. The number of carbonyl (C=O) groups is 2. The molecule has 1 fully saturated rings. The molecule has 1 aromatic carbocycles. The average Bonchev–Trinajstić information content (AvgIpc) is 3.15. The van der Waals surface area contributed by atoms with Crippen molar-refractivity contribution >= 4 is 17.5 Å². The van der Waals surface area contributed by atoms with Crippen LogP contribution in [0.15, 0.2) is 24.3 Å². The van der Waals surface area contributed by atoms with Crippen LogP contribution in [0.2, 0.25) is 0 Å². The number of hydrogen-bond donors (Lipinski definition) is 3. The summed E-state index contributed by atoms with van der Waals surface area (Å²) in [6, 6.07) is 7.10. The third kappa shape index (κ3) is 7.11. The number of nitrogens with one attached hydrogen (secondary N) is 3. The van der Waals surface area contributed by atoms with Crippen LogP contribution in [0.3, 0.4) is 0 Å². The van der Waals surface area contributed by atoms with E-state index < -0.39 is 0 Å². The van der Waals surface area contributed by atoms with Crippen LogP contribution in [0, 0.1) is 0 Å². The molecule has 1 aromatic rings. The van der Waals surface area contributed by atoms with Gasteiger partial charge in [-0.3, -0.25) is 9.59 Å². The van der Waals surface area contributed by atoms with Crippen molar-refractivity contribution in [3.63, 3.8) is 0 Å². The number of ether oxygens (including phenoxy) is 2. The van der Waals surface area contributed by atoms with Crippen molar-refractivity contribution in [3.05, 3.63) is 29.8 Å². The number of rotatable bonds is 10. The van der Waals surface area contributed by atoms with E-state index in [2.05, 4.69) is 16.0 Å². The molecule has 1 aliphatic heterocycles. The zero-order valence-corrected chi connectivity index (χ0v) is 14.7. The molecule has 0 aliphatic carbocycles. The molecule has 3 N–H and O–H groups in total. The molecule has 0 radical (unpaired) electrons. The first kappa shape index (κ1) is 19.2. The molecule has 1 atom stereocenters. The second kappa shape index (κ2) is 10.7. The van der Waals surface area contributed by atoms with Crippen molar-refractivity contribution < 1.29 is 19.1 Å². The predicted molar refractivity (Wildman–Crippen MR) is 95.7 cm³/mol. The second-order valence-corrected chi connectivity index (χ2v) is 5.98. The topological polar surface area (TPSA) is 88.7 Å². The lowest BCUT2D eigenvalue weighted by molar-refractivity contribution is -0.119. The van der Waals surface area contributed by atoms with Gasteiger partial charge < -0.3 is 25.4 Å². The Labute approximate surface area is 148 Å². The van der Waals surface area contributed by atoms with Gasteiger partial charge in [-0.1, -0.05) is 6.07 Å². The lowest BCUT2D eigenvalue weighted by atomic mass is 10.2. The molecule has 0 saturated carbocycles. The van der Waals surface area contributed by atoms with Crippen LogP contribution in [0.4, 0.5) is 5.69 Å². The van der Waals surface area contributed by atoms with E-state index in [-0.39, 0.29) is 24.5 Å². The van der Waals surface area contributed by atoms with Gasteiger partial charge in [0.1, 0.15) is 0 Å². The molecule has 25 heavy (non-hydrogen) atoms. The van der Waals surface area contributed by atoms with E-state index in [1.54, 1.807) is 25.3 Å². The van der Waals surface area contributed by atoms with Gasteiger partial charge >= 0.3 is 0 Å². The van der Waals surface area contributed by atoms with E-state index in [4.69, 9.17) is 9.47 Å². The fraction of sp³-hybridized carbons (Fsp3) is 0.556. The van der Waals surface area contributed by atoms with Crippen molar-refractivity contribution in [3.8, 4) is 0 Å². The quantitative estimate of drug-likeness (QED) is 0.552. The first-order valence-electron chi connectivity index (χ1n) is 8.68. The van der Waals surface area contributed by atoms with Crippen LogP contribution >= 0.6 is 0 Å². The summed E-state index contributed by atoms with van der Waals surface area (Å²) >= 11 is 0. The Morgan fingerprint density at radius 2 is 2.20 bits per heavy atom. The maximum absolute atomic E-state index is 12.1. The number of anilines is 1. The third-order valence-corrected chi connectivity index (χ3v) is 3.94.